The van der Waals surface area contributed by atoms with E-state index in [0.29, 0.717) is 18.1 Å². The van der Waals surface area contributed by atoms with Gasteiger partial charge in [0.15, 0.2) is 0 Å². The number of hydrogen-bond donors (Lipinski definition) is 3. The summed E-state index contributed by atoms with van der Waals surface area (Å²) >= 11 is 0. The van der Waals surface area contributed by atoms with Gasteiger partial charge in [-0.3, -0.25) is 4.79 Å². The van der Waals surface area contributed by atoms with Crippen molar-refractivity contribution in [3.8, 4) is 0 Å². The minimum Gasteiger partial charge on any atom is -0.366 e. The van der Waals surface area contributed by atoms with Crippen LogP contribution in [0.3, 0.4) is 0 Å². The lowest BCUT2D eigenvalue weighted by atomic mass is 10.2. The van der Waals surface area contributed by atoms with Gasteiger partial charge in [-0.05, 0) is 29.8 Å². The number of carbonyl (C=O) groups excluding carboxylic acids is 1. The Kier molecular flexibility index (Phi) is 4.62. The summed E-state index contributed by atoms with van der Waals surface area (Å²) in [5, 5.41) is 5.71. The second kappa shape index (κ2) is 6.63. The van der Waals surface area contributed by atoms with Crippen molar-refractivity contribution in [2.45, 2.75) is 6.54 Å². The summed E-state index contributed by atoms with van der Waals surface area (Å²) in [7, 11) is 0. The first-order valence-corrected chi connectivity index (χ1v) is 6.11. The number of anilines is 2. The zero-order valence-corrected chi connectivity index (χ0v) is 10.8. The van der Waals surface area contributed by atoms with Crippen LogP contribution >= 0.6 is 0 Å². The minimum atomic E-state index is -0.265. The zero-order valence-electron chi connectivity index (χ0n) is 10.8. The molecule has 2 rings (SSSR count). The van der Waals surface area contributed by atoms with Crippen LogP contribution in [0.15, 0.2) is 42.6 Å². The number of hydrogen-bond acceptors (Lipinski definition) is 4. The number of aromatic nitrogens is 1. The van der Waals surface area contributed by atoms with Gasteiger partial charge < -0.3 is 16.4 Å². The van der Waals surface area contributed by atoms with E-state index in [4.69, 9.17) is 5.73 Å². The predicted molar refractivity (Wildman–Crippen MR) is 75.6 cm³/mol. The average Bonchev–Trinajstić information content (AvgIpc) is 2.48. The van der Waals surface area contributed by atoms with E-state index in [2.05, 4.69) is 15.6 Å². The highest BCUT2D eigenvalue weighted by molar-refractivity contribution is 5.91. The molecule has 0 radical (unpaired) electrons. The first-order chi connectivity index (χ1) is 9.67. The van der Waals surface area contributed by atoms with Gasteiger partial charge in [0.2, 0.25) is 5.91 Å². The van der Waals surface area contributed by atoms with Crippen molar-refractivity contribution in [1.29, 1.82) is 0 Å². The number of benzene rings is 1. The molecule has 5 nitrogen and oxygen atoms in total. The molecule has 1 aromatic carbocycles. The second-order valence-corrected chi connectivity index (χ2v) is 4.16. The smallest absolute Gasteiger partial charge is 0.238 e. The summed E-state index contributed by atoms with van der Waals surface area (Å²) in [6.45, 7) is 0.479. The van der Waals surface area contributed by atoms with Gasteiger partial charge in [-0.2, -0.15) is 0 Å². The molecule has 4 N–H and O–H groups in total. The fourth-order valence-corrected chi connectivity index (χ4v) is 1.58. The molecule has 0 fully saturated rings. The van der Waals surface area contributed by atoms with E-state index >= 15 is 0 Å². The lowest BCUT2D eigenvalue weighted by Gasteiger charge is -2.07. The van der Waals surface area contributed by atoms with E-state index in [1.807, 2.05) is 0 Å². The first kappa shape index (κ1) is 14.0. The van der Waals surface area contributed by atoms with Crippen LogP contribution in [-0.2, 0) is 11.3 Å². The van der Waals surface area contributed by atoms with Gasteiger partial charge in [-0.1, -0.05) is 12.1 Å². The summed E-state index contributed by atoms with van der Waals surface area (Å²) in [5.41, 5.74) is 6.74. The Morgan fingerprint density at radius 3 is 2.55 bits per heavy atom. The fraction of sp³-hybridized carbons (Fsp3) is 0.143. The van der Waals surface area contributed by atoms with E-state index in [9.17, 15) is 9.18 Å². The molecule has 1 amide bonds. The predicted octanol–water partition coefficient (Wildman–Crippen LogP) is 1.73. The normalized spacial score (nSPS) is 10.1. The monoisotopic (exact) mass is 274 g/mol. The van der Waals surface area contributed by atoms with Crippen LogP contribution in [0.25, 0.3) is 0 Å². The number of rotatable bonds is 5. The highest BCUT2D eigenvalue weighted by atomic mass is 19.1. The minimum absolute atomic E-state index is 0.0649. The largest absolute Gasteiger partial charge is 0.366 e. The topological polar surface area (TPSA) is 80.0 Å². The fourth-order valence-electron chi connectivity index (χ4n) is 1.58. The van der Waals surface area contributed by atoms with Crippen LogP contribution in [0.4, 0.5) is 15.9 Å². The Labute approximate surface area is 116 Å². The van der Waals surface area contributed by atoms with E-state index in [0.717, 1.165) is 5.56 Å². The van der Waals surface area contributed by atoms with Gasteiger partial charge in [0.25, 0.3) is 0 Å². The van der Waals surface area contributed by atoms with E-state index < -0.39 is 0 Å². The Morgan fingerprint density at radius 2 is 1.95 bits per heavy atom. The second-order valence-electron chi connectivity index (χ2n) is 4.16. The number of halogens is 1. The summed E-state index contributed by atoms with van der Waals surface area (Å²) < 4.78 is 12.8. The average molecular weight is 274 g/mol. The van der Waals surface area contributed by atoms with Crippen molar-refractivity contribution in [1.82, 2.24) is 4.98 Å². The van der Waals surface area contributed by atoms with Crippen molar-refractivity contribution < 1.29 is 9.18 Å². The molecular weight excluding hydrogens is 259 g/mol. The maximum atomic E-state index is 12.8. The third-order valence-corrected chi connectivity index (χ3v) is 2.62. The molecule has 0 saturated heterocycles. The van der Waals surface area contributed by atoms with Crippen molar-refractivity contribution >= 4 is 17.4 Å². The lowest BCUT2D eigenvalue weighted by molar-refractivity contribution is -0.114. The number of amides is 1. The molecule has 0 aliphatic rings. The van der Waals surface area contributed by atoms with Crippen LogP contribution in [0, 0.1) is 5.82 Å². The Hall–Kier alpha value is -2.47. The molecule has 0 unspecified atom stereocenters. The van der Waals surface area contributed by atoms with Crippen LogP contribution in [0.5, 0.6) is 0 Å². The molecule has 6 heteroatoms. The molecule has 104 valence electrons. The number of carbonyl (C=O) groups is 1. The van der Waals surface area contributed by atoms with Crippen LogP contribution < -0.4 is 16.4 Å². The molecule has 0 aliphatic heterocycles. The Bertz CT molecular complexity index is 569. The Morgan fingerprint density at radius 1 is 1.20 bits per heavy atom. The maximum Gasteiger partial charge on any atom is 0.238 e. The number of nitrogens with zero attached hydrogens (tertiary/aromatic N) is 1. The van der Waals surface area contributed by atoms with Crippen molar-refractivity contribution in [3.05, 3.63) is 54.0 Å². The molecule has 0 aliphatic carbocycles. The van der Waals surface area contributed by atoms with Gasteiger partial charge >= 0.3 is 0 Å². The first-order valence-electron chi connectivity index (χ1n) is 6.11. The lowest BCUT2D eigenvalue weighted by Crippen LogP contribution is -2.21. The molecule has 2 aromatic rings. The summed E-state index contributed by atoms with van der Waals surface area (Å²) in [4.78, 5) is 15.3. The molecule has 1 aromatic heterocycles. The van der Waals surface area contributed by atoms with Gasteiger partial charge in [0, 0.05) is 6.54 Å². The third-order valence-electron chi connectivity index (χ3n) is 2.62. The number of nitrogens with two attached hydrogens (primary N) is 1. The molecule has 20 heavy (non-hydrogen) atoms. The molecular formula is C14H15FN4O. The SMILES string of the molecule is NCC(=O)Nc1ccc(NCc2ccc(F)cc2)nc1. The van der Waals surface area contributed by atoms with Crippen LogP contribution in [-0.4, -0.2) is 17.4 Å². The molecule has 0 spiro atoms. The van der Waals surface area contributed by atoms with Crippen molar-refractivity contribution in [2.75, 3.05) is 17.2 Å². The molecule has 0 bridgehead atoms. The van der Waals surface area contributed by atoms with Gasteiger partial charge in [0.1, 0.15) is 11.6 Å². The molecule has 0 saturated carbocycles. The highest BCUT2D eigenvalue weighted by Crippen LogP contribution is 2.11. The van der Waals surface area contributed by atoms with Gasteiger partial charge in [0.05, 0.1) is 18.4 Å². The number of pyridine rings is 1. The van der Waals surface area contributed by atoms with Crippen molar-refractivity contribution in [2.24, 2.45) is 5.73 Å². The summed E-state index contributed by atoms with van der Waals surface area (Å²) in [5.74, 6) is 0.144. The van der Waals surface area contributed by atoms with E-state index in [1.165, 1.54) is 12.1 Å². The number of nitrogens with one attached hydrogen (secondary N) is 2. The summed E-state index contributed by atoms with van der Waals surface area (Å²) in [6.07, 6.45) is 1.54. The van der Waals surface area contributed by atoms with Gasteiger partial charge in [-0.25, -0.2) is 9.37 Å². The molecule has 0 atom stereocenters. The Balaban J connectivity index is 1.90. The highest BCUT2D eigenvalue weighted by Gasteiger charge is 2.00. The van der Waals surface area contributed by atoms with Crippen molar-refractivity contribution in [3.63, 3.8) is 0 Å². The summed E-state index contributed by atoms with van der Waals surface area (Å²) in [6, 6.07) is 9.71. The maximum absolute atomic E-state index is 12.8. The van der Waals surface area contributed by atoms with E-state index in [1.54, 1.807) is 30.5 Å². The van der Waals surface area contributed by atoms with Crippen LogP contribution in [0.1, 0.15) is 5.56 Å². The quantitative estimate of drug-likeness (QED) is 0.775. The van der Waals surface area contributed by atoms with E-state index in [-0.39, 0.29) is 18.3 Å². The standard InChI is InChI=1S/C14H15FN4O/c15-11-3-1-10(2-4-11)8-17-13-6-5-12(9-18-13)19-14(20)7-16/h1-6,9H,7-8,16H2,(H,17,18)(H,19,20). The van der Waals surface area contributed by atoms with Gasteiger partial charge in [-0.15, -0.1) is 0 Å². The van der Waals surface area contributed by atoms with Crippen LogP contribution in [0.2, 0.25) is 0 Å². The zero-order chi connectivity index (χ0) is 14.4. The molecule has 1 heterocycles. The third kappa shape index (κ3) is 4.03.